The van der Waals surface area contributed by atoms with Gasteiger partial charge in [0.1, 0.15) is 5.82 Å². The Kier molecular flexibility index (Phi) is 5.17. The van der Waals surface area contributed by atoms with E-state index in [9.17, 15) is 14.3 Å². The van der Waals surface area contributed by atoms with Crippen LogP contribution in [0.25, 0.3) is 0 Å². The molecule has 2 aromatic rings. The predicted octanol–water partition coefficient (Wildman–Crippen LogP) is 4.27. The van der Waals surface area contributed by atoms with Crippen LogP contribution in [-0.2, 0) is 4.79 Å². The van der Waals surface area contributed by atoms with Crippen LogP contribution in [0.4, 0.5) is 4.39 Å². The Labute approximate surface area is 145 Å². The number of rotatable bonds is 4. The second-order valence-electron chi connectivity index (χ2n) is 6.08. The molecule has 1 fully saturated rings. The minimum Gasteiger partial charge on any atom is -0.388 e. The first-order valence-electron chi connectivity index (χ1n) is 8.03. The second-order valence-corrected chi connectivity index (χ2v) is 6.51. The van der Waals surface area contributed by atoms with Gasteiger partial charge in [-0.15, -0.1) is 0 Å². The highest BCUT2D eigenvalue weighted by Crippen LogP contribution is 2.34. The lowest BCUT2D eigenvalue weighted by molar-refractivity contribution is -0.134. The van der Waals surface area contributed by atoms with Crippen molar-refractivity contribution in [1.29, 1.82) is 0 Å². The highest BCUT2D eigenvalue weighted by atomic mass is 35.5. The van der Waals surface area contributed by atoms with E-state index in [1.165, 1.54) is 18.2 Å². The summed E-state index contributed by atoms with van der Waals surface area (Å²) in [6.07, 6.45) is 0.732. The second kappa shape index (κ2) is 7.32. The summed E-state index contributed by atoms with van der Waals surface area (Å²) in [6, 6.07) is 13.2. The fraction of sp³-hybridized carbons (Fsp3) is 0.316. The Morgan fingerprint density at radius 2 is 2.08 bits per heavy atom. The zero-order valence-electron chi connectivity index (χ0n) is 13.2. The monoisotopic (exact) mass is 347 g/mol. The van der Waals surface area contributed by atoms with Gasteiger partial charge >= 0.3 is 0 Å². The summed E-state index contributed by atoms with van der Waals surface area (Å²) in [6.45, 7) is 0.659. The molecule has 0 aromatic heterocycles. The third-order valence-corrected chi connectivity index (χ3v) is 4.64. The van der Waals surface area contributed by atoms with Crippen molar-refractivity contribution in [2.24, 2.45) is 0 Å². The molecule has 0 spiro atoms. The molecule has 3 rings (SSSR count). The summed E-state index contributed by atoms with van der Waals surface area (Å²) in [7, 11) is 0. The molecule has 0 aliphatic carbocycles. The number of benzene rings is 2. The number of likely N-dealkylation sites (tertiary alicyclic amines) is 1. The summed E-state index contributed by atoms with van der Waals surface area (Å²) in [5, 5.41) is 10.9. The number of aliphatic hydroxyl groups is 1. The van der Waals surface area contributed by atoms with Gasteiger partial charge in [-0.05, 0) is 48.2 Å². The lowest BCUT2D eigenvalue weighted by Gasteiger charge is -2.26. The smallest absolute Gasteiger partial charge is 0.226 e. The van der Waals surface area contributed by atoms with Gasteiger partial charge in [-0.1, -0.05) is 35.9 Å². The van der Waals surface area contributed by atoms with Gasteiger partial charge in [0.05, 0.1) is 18.6 Å². The van der Waals surface area contributed by atoms with E-state index >= 15 is 0 Å². The topological polar surface area (TPSA) is 40.5 Å². The van der Waals surface area contributed by atoms with Crippen LogP contribution in [-0.4, -0.2) is 22.5 Å². The Bertz CT molecular complexity index is 737. The number of nitrogens with zero attached hydrogens (tertiary/aromatic N) is 1. The molecular formula is C19H19ClFNO2. The Morgan fingerprint density at radius 1 is 1.29 bits per heavy atom. The summed E-state index contributed by atoms with van der Waals surface area (Å²) >= 11 is 6.05. The first-order valence-corrected chi connectivity index (χ1v) is 8.41. The number of halogens is 2. The molecule has 0 radical (unpaired) electrons. The van der Waals surface area contributed by atoms with Gasteiger partial charge < -0.3 is 10.0 Å². The number of hydrogen-bond acceptors (Lipinski definition) is 2. The van der Waals surface area contributed by atoms with E-state index in [0.29, 0.717) is 17.1 Å². The number of amides is 1. The van der Waals surface area contributed by atoms with E-state index in [1.54, 1.807) is 17.0 Å². The normalized spacial score (nSPS) is 18.6. The van der Waals surface area contributed by atoms with E-state index in [-0.39, 0.29) is 18.4 Å². The molecule has 1 aliphatic rings. The Balaban J connectivity index is 1.72. The van der Waals surface area contributed by atoms with Crippen LogP contribution in [0.3, 0.4) is 0 Å². The highest BCUT2D eigenvalue weighted by molar-refractivity contribution is 6.30. The first-order chi connectivity index (χ1) is 11.5. The van der Waals surface area contributed by atoms with E-state index in [1.807, 2.05) is 18.2 Å². The maximum absolute atomic E-state index is 13.3. The number of hydrogen-bond donors (Lipinski definition) is 1. The van der Waals surface area contributed by atoms with Crippen LogP contribution >= 0.6 is 11.6 Å². The molecule has 1 aliphatic heterocycles. The van der Waals surface area contributed by atoms with Crippen molar-refractivity contribution >= 4 is 17.5 Å². The third kappa shape index (κ3) is 3.77. The van der Waals surface area contributed by atoms with Crippen molar-refractivity contribution < 1.29 is 14.3 Å². The van der Waals surface area contributed by atoms with E-state index in [2.05, 4.69) is 0 Å². The zero-order chi connectivity index (χ0) is 17.1. The van der Waals surface area contributed by atoms with Gasteiger partial charge in [0.2, 0.25) is 5.91 Å². The van der Waals surface area contributed by atoms with Crippen LogP contribution in [0.15, 0.2) is 48.5 Å². The molecule has 24 heavy (non-hydrogen) atoms. The average molecular weight is 348 g/mol. The van der Waals surface area contributed by atoms with Gasteiger partial charge in [0.25, 0.3) is 0 Å². The van der Waals surface area contributed by atoms with Crippen LogP contribution in [0.2, 0.25) is 5.02 Å². The number of carbonyl (C=O) groups is 1. The molecule has 5 heteroatoms. The minimum absolute atomic E-state index is 0.0177. The van der Waals surface area contributed by atoms with Crippen molar-refractivity contribution in [3.63, 3.8) is 0 Å². The lowest BCUT2D eigenvalue weighted by Crippen LogP contribution is -2.31. The van der Waals surface area contributed by atoms with E-state index in [4.69, 9.17) is 11.6 Å². The van der Waals surface area contributed by atoms with Crippen molar-refractivity contribution in [3.8, 4) is 0 Å². The fourth-order valence-electron chi connectivity index (χ4n) is 3.24. The maximum atomic E-state index is 13.3. The van der Waals surface area contributed by atoms with Crippen LogP contribution < -0.4 is 0 Å². The standard InChI is InChI=1S/C19H19ClFNO2/c20-15-6-1-4-13(10-15)17-8-3-9-22(17)19(24)12-18(23)14-5-2-7-16(21)11-14/h1-2,4-7,10-11,17-18,23H,3,8-9,12H2. The Hall–Kier alpha value is -1.91. The lowest BCUT2D eigenvalue weighted by atomic mass is 10.0. The molecule has 126 valence electrons. The third-order valence-electron chi connectivity index (χ3n) is 4.41. The molecule has 1 amide bonds. The SMILES string of the molecule is O=C(CC(O)c1cccc(F)c1)N1CCCC1c1cccc(Cl)c1. The van der Waals surface area contributed by atoms with E-state index in [0.717, 1.165) is 18.4 Å². The maximum Gasteiger partial charge on any atom is 0.226 e. The quantitative estimate of drug-likeness (QED) is 0.897. The van der Waals surface area contributed by atoms with Crippen molar-refractivity contribution in [2.75, 3.05) is 6.54 Å². The molecule has 0 saturated carbocycles. The predicted molar refractivity (Wildman–Crippen MR) is 91.1 cm³/mol. The number of carbonyl (C=O) groups excluding carboxylic acids is 1. The van der Waals surface area contributed by atoms with Crippen molar-refractivity contribution in [1.82, 2.24) is 4.90 Å². The van der Waals surface area contributed by atoms with Gasteiger partial charge in [-0.2, -0.15) is 0 Å². The average Bonchev–Trinajstić information content (AvgIpc) is 3.04. The molecular weight excluding hydrogens is 329 g/mol. The van der Waals surface area contributed by atoms with Crippen LogP contribution in [0.1, 0.15) is 42.5 Å². The minimum atomic E-state index is -1.01. The van der Waals surface area contributed by atoms with Crippen molar-refractivity contribution in [2.45, 2.75) is 31.4 Å². The van der Waals surface area contributed by atoms with Crippen LogP contribution in [0, 0.1) is 5.82 Å². The Morgan fingerprint density at radius 3 is 2.83 bits per heavy atom. The molecule has 1 saturated heterocycles. The van der Waals surface area contributed by atoms with E-state index < -0.39 is 11.9 Å². The molecule has 2 atom stereocenters. The van der Waals surface area contributed by atoms with Gasteiger partial charge in [0.15, 0.2) is 0 Å². The van der Waals surface area contributed by atoms with Gasteiger partial charge in [-0.3, -0.25) is 4.79 Å². The number of aliphatic hydroxyl groups excluding tert-OH is 1. The summed E-state index contributed by atoms with van der Waals surface area (Å²) in [5.41, 5.74) is 1.43. The summed E-state index contributed by atoms with van der Waals surface area (Å²) in [5.74, 6) is -0.550. The first kappa shape index (κ1) is 16.9. The molecule has 2 unspecified atom stereocenters. The zero-order valence-corrected chi connectivity index (χ0v) is 13.9. The molecule has 1 N–H and O–H groups in total. The van der Waals surface area contributed by atoms with Gasteiger partial charge in [0, 0.05) is 11.6 Å². The largest absolute Gasteiger partial charge is 0.388 e. The molecule has 1 heterocycles. The van der Waals surface area contributed by atoms with Gasteiger partial charge in [-0.25, -0.2) is 4.39 Å². The molecule has 3 nitrogen and oxygen atoms in total. The highest BCUT2D eigenvalue weighted by Gasteiger charge is 2.31. The fourth-order valence-corrected chi connectivity index (χ4v) is 3.44. The molecule has 0 bridgehead atoms. The summed E-state index contributed by atoms with van der Waals surface area (Å²) < 4.78 is 13.3. The summed E-state index contributed by atoms with van der Waals surface area (Å²) in [4.78, 5) is 14.4. The van der Waals surface area contributed by atoms with Crippen molar-refractivity contribution in [3.05, 3.63) is 70.5 Å². The molecule has 2 aromatic carbocycles. The van der Waals surface area contributed by atoms with Crippen LogP contribution in [0.5, 0.6) is 0 Å².